The third-order valence-electron chi connectivity index (χ3n) is 2.60. The van der Waals surface area contributed by atoms with Gasteiger partial charge in [0, 0.05) is 6.54 Å². The van der Waals surface area contributed by atoms with Gasteiger partial charge in [0.05, 0.1) is 18.2 Å². The summed E-state index contributed by atoms with van der Waals surface area (Å²) in [5.74, 6) is 0.154. The molecule has 16 heavy (non-hydrogen) atoms. The Morgan fingerprint density at radius 2 is 2.31 bits per heavy atom. The van der Waals surface area contributed by atoms with Crippen LogP contribution in [0.5, 0.6) is 0 Å². The van der Waals surface area contributed by atoms with Gasteiger partial charge in [0.1, 0.15) is 11.3 Å². The SMILES string of the molecule is CCn1c(C(N)CO)nc2c(F)cccc21. The predicted molar refractivity (Wildman–Crippen MR) is 59.4 cm³/mol. The number of hydrogen-bond donors (Lipinski definition) is 2. The van der Waals surface area contributed by atoms with Crippen LogP contribution < -0.4 is 5.73 Å². The standard InChI is InChI=1S/C11H14FN3O/c1-2-15-9-5-3-4-7(12)10(9)14-11(15)8(13)6-16/h3-5,8,16H,2,6,13H2,1H3. The highest BCUT2D eigenvalue weighted by Crippen LogP contribution is 2.21. The average Bonchev–Trinajstić information content (AvgIpc) is 2.68. The van der Waals surface area contributed by atoms with Gasteiger partial charge in [0.2, 0.25) is 0 Å². The first kappa shape index (κ1) is 11.0. The third kappa shape index (κ3) is 1.58. The van der Waals surface area contributed by atoms with Crippen molar-refractivity contribution in [2.24, 2.45) is 5.73 Å². The number of rotatable bonds is 3. The number of fused-ring (bicyclic) bond motifs is 1. The summed E-state index contributed by atoms with van der Waals surface area (Å²) in [4.78, 5) is 4.16. The Bertz CT molecular complexity index is 509. The Morgan fingerprint density at radius 3 is 2.94 bits per heavy atom. The lowest BCUT2D eigenvalue weighted by molar-refractivity contribution is 0.261. The van der Waals surface area contributed by atoms with Crippen LogP contribution >= 0.6 is 0 Å². The van der Waals surface area contributed by atoms with Crippen molar-refractivity contribution < 1.29 is 9.50 Å². The van der Waals surface area contributed by atoms with Crippen molar-refractivity contribution in [1.82, 2.24) is 9.55 Å². The molecule has 0 aliphatic carbocycles. The van der Waals surface area contributed by atoms with Gasteiger partial charge in [-0.2, -0.15) is 0 Å². The van der Waals surface area contributed by atoms with Crippen LogP contribution in [0, 0.1) is 5.82 Å². The highest BCUT2D eigenvalue weighted by molar-refractivity contribution is 5.76. The van der Waals surface area contributed by atoms with E-state index in [1.54, 1.807) is 12.1 Å². The molecule has 0 fully saturated rings. The summed E-state index contributed by atoms with van der Waals surface area (Å²) < 4.78 is 15.3. The Balaban J connectivity index is 2.71. The Hall–Kier alpha value is -1.46. The van der Waals surface area contributed by atoms with E-state index in [2.05, 4.69) is 4.98 Å². The second kappa shape index (κ2) is 4.19. The first-order chi connectivity index (χ1) is 7.69. The quantitative estimate of drug-likeness (QED) is 0.821. The normalized spacial score (nSPS) is 13.2. The number of aryl methyl sites for hydroxylation is 1. The molecule has 0 saturated carbocycles. The highest BCUT2D eigenvalue weighted by atomic mass is 19.1. The van der Waals surface area contributed by atoms with E-state index in [0.29, 0.717) is 23.4 Å². The molecule has 0 aliphatic rings. The number of para-hydroxylation sites is 1. The van der Waals surface area contributed by atoms with Gasteiger partial charge in [0.15, 0.2) is 5.82 Å². The summed E-state index contributed by atoms with van der Waals surface area (Å²) in [6.07, 6.45) is 0. The van der Waals surface area contributed by atoms with E-state index >= 15 is 0 Å². The fourth-order valence-electron chi connectivity index (χ4n) is 1.83. The van der Waals surface area contributed by atoms with Crippen LogP contribution in [-0.2, 0) is 6.54 Å². The van der Waals surface area contributed by atoms with Crippen LogP contribution in [0.1, 0.15) is 18.8 Å². The molecule has 1 unspecified atom stereocenters. The van der Waals surface area contributed by atoms with E-state index in [4.69, 9.17) is 10.8 Å². The minimum Gasteiger partial charge on any atom is -0.394 e. The van der Waals surface area contributed by atoms with Gasteiger partial charge in [-0.3, -0.25) is 0 Å². The molecule has 0 amide bonds. The van der Waals surface area contributed by atoms with Crippen molar-refractivity contribution in [2.75, 3.05) is 6.61 Å². The molecule has 2 rings (SSSR count). The lowest BCUT2D eigenvalue weighted by Gasteiger charge is -2.10. The van der Waals surface area contributed by atoms with E-state index in [9.17, 15) is 4.39 Å². The zero-order valence-electron chi connectivity index (χ0n) is 9.02. The van der Waals surface area contributed by atoms with Gasteiger partial charge < -0.3 is 15.4 Å². The summed E-state index contributed by atoms with van der Waals surface area (Å²) >= 11 is 0. The van der Waals surface area contributed by atoms with Crippen molar-refractivity contribution in [3.63, 3.8) is 0 Å². The minimum atomic E-state index is -0.577. The second-order valence-electron chi connectivity index (χ2n) is 3.61. The molecule has 1 atom stereocenters. The Morgan fingerprint density at radius 1 is 1.56 bits per heavy atom. The summed E-state index contributed by atoms with van der Waals surface area (Å²) in [5.41, 5.74) is 6.75. The van der Waals surface area contributed by atoms with Gasteiger partial charge in [-0.1, -0.05) is 6.07 Å². The fraction of sp³-hybridized carbons (Fsp3) is 0.364. The summed E-state index contributed by atoms with van der Waals surface area (Å²) in [6.45, 7) is 2.37. The third-order valence-corrected chi connectivity index (χ3v) is 2.60. The van der Waals surface area contributed by atoms with Crippen LogP contribution in [0.4, 0.5) is 4.39 Å². The zero-order valence-corrected chi connectivity index (χ0v) is 9.02. The monoisotopic (exact) mass is 223 g/mol. The minimum absolute atomic E-state index is 0.203. The predicted octanol–water partition coefficient (Wildman–Crippen LogP) is 1.19. The lowest BCUT2D eigenvalue weighted by atomic mass is 10.3. The van der Waals surface area contributed by atoms with E-state index < -0.39 is 6.04 Å². The van der Waals surface area contributed by atoms with E-state index in [1.165, 1.54) is 6.07 Å². The number of benzene rings is 1. The van der Waals surface area contributed by atoms with Crippen molar-refractivity contribution in [2.45, 2.75) is 19.5 Å². The number of nitrogens with two attached hydrogens (primary N) is 1. The molecular formula is C11H14FN3O. The maximum atomic E-state index is 13.5. The fourth-order valence-corrected chi connectivity index (χ4v) is 1.83. The molecular weight excluding hydrogens is 209 g/mol. The summed E-state index contributed by atoms with van der Waals surface area (Å²) in [6, 6.07) is 4.22. The van der Waals surface area contributed by atoms with Gasteiger partial charge in [0.25, 0.3) is 0 Å². The molecule has 0 bridgehead atoms. The van der Waals surface area contributed by atoms with Gasteiger partial charge in [-0.25, -0.2) is 9.37 Å². The molecule has 3 N–H and O–H groups in total. The molecule has 1 aromatic carbocycles. The molecule has 0 spiro atoms. The zero-order chi connectivity index (χ0) is 11.7. The first-order valence-corrected chi connectivity index (χ1v) is 5.20. The Kier molecular flexibility index (Phi) is 2.89. The van der Waals surface area contributed by atoms with Crippen molar-refractivity contribution in [3.8, 4) is 0 Å². The van der Waals surface area contributed by atoms with Crippen LogP contribution in [0.2, 0.25) is 0 Å². The first-order valence-electron chi connectivity index (χ1n) is 5.20. The maximum absolute atomic E-state index is 13.5. The van der Waals surface area contributed by atoms with Crippen molar-refractivity contribution in [3.05, 3.63) is 29.8 Å². The van der Waals surface area contributed by atoms with E-state index in [-0.39, 0.29) is 12.4 Å². The number of nitrogens with zero attached hydrogens (tertiary/aromatic N) is 2. The number of imidazole rings is 1. The smallest absolute Gasteiger partial charge is 0.151 e. The molecule has 0 saturated heterocycles. The van der Waals surface area contributed by atoms with Gasteiger partial charge in [-0.05, 0) is 19.1 Å². The lowest BCUT2D eigenvalue weighted by Crippen LogP contribution is -2.19. The number of halogens is 1. The summed E-state index contributed by atoms with van der Waals surface area (Å²) in [5, 5.41) is 9.03. The van der Waals surface area contributed by atoms with Crippen molar-refractivity contribution >= 4 is 11.0 Å². The van der Waals surface area contributed by atoms with Gasteiger partial charge in [-0.15, -0.1) is 0 Å². The topological polar surface area (TPSA) is 64.1 Å². The molecule has 2 aromatic rings. The highest BCUT2D eigenvalue weighted by Gasteiger charge is 2.17. The number of aliphatic hydroxyl groups is 1. The van der Waals surface area contributed by atoms with E-state index in [1.807, 2.05) is 11.5 Å². The molecule has 5 heteroatoms. The van der Waals surface area contributed by atoms with Crippen molar-refractivity contribution in [1.29, 1.82) is 0 Å². The Labute approximate surface area is 92.5 Å². The number of aromatic nitrogens is 2. The van der Waals surface area contributed by atoms with Crippen LogP contribution in [-0.4, -0.2) is 21.3 Å². The molecule has 0 radical (unpaired) electrons. The van der Waals surface area contributed by atoms with Crippen LogP contribution in [0.3, 0.4) is 0 Å². The largest absolute Gasteiger partial charge is 0.394 e. The van der Waals surface area contributed by atoms with Crippen LogP contribution in [0.25, 0.3) is 11.0 Å². The number of hydrogen-bond acceptors (Lipinski definition) is 3. The molecule has 0 aliphatic heterocycles. The average molecular weight is 223 g/mol. The van der Waals surface area contributed by atoms with E-state index in [0.717, 1.165) is 0 Å². The van der Waals surface area contributed by atoms with Crippen LogP contribution in [0.15, 0.2) is 18.2 Å². The summed E-state index contributed by atoms with van der Waals surface area (Å²) in [7, 11) is 0. The number of aliphatic hydroxyl groups excluding tert-OH is 1. The molecule has 4 nitrogen and oxygen atoms in total. The van der Waals surface area contributed by atoms with Gasteiger partial charge >= 0.3 is 0 Å². The second-order valence-corrected chi connectivity index (χ2v) is 3.61. The molecule has 86 valence electrons. The molecule has 1 aromatic heterocycles. The molecule has 1 heterocycles. The maximum Gasteiger partial charge on any atom is 0.151 e.